The maximum absolute atomic E-state index is 15.5. The summed E-state index contributed by atoms with van der Waals surface area (Å²) in [7, 11) is 1.36. The molecule has 3 aromatic rings. The van der Waals surface area contributed by atoms with Gasteiger partial charge in [-0.2, -0.15) is 30.7 Å². The van der Waals surface area contributed by atoms with Gasteiger partial charge in [0.2, 0.25) is 5.82 Å². The average molecular weight is 817 g/mol. The van der Waals surface area contributed by atoms with E-state index in [2.05, 4.69) is 20.6 Å². The van der Waals surface area contributed by atoms with E-state index in [1.807, 2.05) is 0 Å². The van der Waals surface area contributed by atoms with Crippen molar-refractivity contribution in [3.05, 3.63) is 82.5 Å². The molecule has 2 amide bonds. The Balaban J connectivity index is 1.43. The lowest BCUT2D eigenvalue weighted by Crippen LogP contribution is -2.62. The number of halogens is 8. The molecule has 2 aliphatic rings. The lowest BCUT2D eigenvalue weighted by molar-refractivity contribution is -0.163. The van der Waals surface area contributed by atoms with Gasteiger partial charge in [-0.15, -0.1) is 0 Å². The molecule has 1 fully saturated rings. The minimum atomic E-state index is -5.02. The van der Waals surface area contributed by atoms with Gasteiger partial charge in [0.1, 0.15) is 36.0 Å². The normalized spacial score (nSPS) is 16.6. The molecule has 1 unspecified atom stereocenters. The van der Waals surface area contributed by atoms with Gasteiger partial charge in [0.25, 0.3) is 11.8 Å². The number of benzene rings is 2. The quantitative estimate of drug-likeness (QED) is 0.0850. The van der Waals surface area contributed by atoms with E-state index in [1.54, 1.807) is 0 Å². The molecule has 14 nitrogen and oxygen atoms in total. The van der Waals surface area contributed by atoms with Crippen molar-refractivity contribution >= 4 is 29.4 Å². The van der Waals surface area contributed by atoms with Gasteiger partial charge < -0.3 is 30.7 Å². The topological polar surface area (TPSA) is 195 Å². The van der Waals surface area contributed by atoms with Crippen LogP contribution in [0.15, 0.2) is 54.1 Å². The number of nitrogens with zero attached hydrogens (tertiary/aromatic N) is 4. The van der Waals surface area contributed by atoms with Crippen LogP contribution in [0.3, 0.4) is 0 Å². The number of carbonyl (C=O) groups is 4. The Morgan fingerprint density at radius 3 is 2.26 bits per heavy atom. The number of aliphatic hydroxyl groups is 1. The highest BCUT2D eigenvalue weighted by Crippen LogP contribution is 2.45. The Morgan fingerprint density at radius 2 is 1.65 bits per heavy atom. The van der Waals surface area contributed by atoms with Crippen LogP contribution in [0, 0.1) is 11.6 Å². The highest BCUT2D eigenvalue weighted by Gasteiger charge is 2.53. The molecule has 1 aromatic heterocycles. The van der Waals surface area contributed by atoms with Gasteiger partial charge in [-0.1, -0.05) is 18.9 Å². The van der Waals surface area contributed by atoms with Crippen molar-refractivity contribution in [1.82, 2.24) is 25.3 Å². The number of hydrogen-bond donors (Lipinski definition) is 5. The number of aromatic nitrogens is 2. The van der Waals surface area contributed by atoms with Crippen LogP contribution in [0.25, 0.3) is 11.3 Å². The van der Waals surface area contributed by atoms with Crippen molar-refractivity contribution in [3.63, 3.8) is 0 Å². The van der Waals surface area contributed by atoms with Crippen LogP contribution in [-0.2, 0) is 38.1 Å². The summed E-state index contributed by atoms with van der Waals surface area (Å²) in [6.07, 6.45) is -9.02. The zero-order valence-electron chi connectivity index (χ0n) is 29.5. The molecule has 1 aliphatic carbocycles. The Morgan fingerprint density at radius 1 is 0.965 bits per heavy atom. The largest absolute Gasteiger partial charge is 0.509 e. The number of hydrazine groups is 1. The fourth-order valence-electron chi connectivity index (χ4n) is 6.55. The van der Waals surface area contributed by atoms with Crippen molar-refractivity contribution in [3.8, 4) is 17.0 Å². The number of carbonyl (C=O) groups excluding carboxylic acids is 2. The molecule has 57 heavy (non-hydrogen) atoms. The first kappa shape index (κ1) is 42.2. The predicted molar refractivity (Wildman–Crippen MR) is 179 cm³/mol. The van der Waals surface area contributed by atoms with Crippen LogP contribution in [0.5, 0.6) is 5.75 Å². The smallest absolute Gasteiger partial charge is 0.433 e. The van der Waals surface area contributed by atoms with E-state index in [4.69, 9.17) is 14.9 Å². The van der Waals surface area contributed by atoms with Gasteiger partial charge in [-0.25, -0.2) is 19.4 Å². The molecule has 0 saturated heterocycles. The zero-order valence-corrected chi connectivity index (χ0v) is 29.5. The number of aliphatic carboxylic acids is 2. The summed E-state index contributed by atoms with van der Waals surface area (Å²) in [5, 5.41) is 36.2. The van der Waals surface area contributed by atoms with Crippen LogP contribution in [-0.4, -0.2) is 90.8 Å². The van der Waals surface area contributed by atoms with E-state index in [0.29, 0.717) is 37.4 Å². The van der Waals surface area contributed by atoms with E-state index in [0.717, 1.165) is 23.2 Å². The highest BCUT2D eigenvalue weighted by atomic mass is 19.4. The van der Waals surface area contributed by atoms with Gasteiger partial charge in [-0.05, 0) is 43.2 Å². The number of alkyl halides is 6. The van der Waals surface area contributed by atoms with Crippen LogP contribution >= 0.6 is 0 Å². The SMILES string of the molecule is CN1N(Cc2ccc(OCCNC(CC(=O)O)C(=O)O)c(F)c2F)C(=O)C(C(=O)Nc2ccc(C(F)(F)F)cc2-c2cc(C(F)(F)F)ncn2)=C(O)C12CCCC2. The molecule has 2 aromatic carbocycles. The molecule has 1 spiro atoms. The number of likely N-dealkylation sites (N-methyl/N-ethyl adjacent to an activating group) is 1. The van der Waals surface area contributed by atoms with Gasteiger partial charge in [-0.3, -0.25) is 24.2 Å². The first-order valence-corrected chi connectivity index (χ1v) is 16.8. The van der Waals surface area contributed by atoms with Crippen molar-refractivity contribution in [1.29, 1.82) is 0 Å². The van der Waals surface area contributed by atoms with Crippen LogP contribution < -0.4 is 15.4 Å². The van der Waals surface area contributed by atoms with E-state index in [1.165, 1.54) is 12.1 Å². The predicted octanol–water partition coefficient (Wildman–Crippen LogP) is 5.31. The van der Waals surface area contributed by atoms with Gasteiger partial charge in [0, 0.05) is 24.7 Å². The lowest BCUT2D eigenvalue weighted by Gasteiger charge is -2.48. The lowest BCUT2D eigenvalue weighted by atomic mass is 9.88. The maximum Gasteiger partial charge on any atom is 0.433 e. The summed E-state index contributed by atoms with van der Waals surface area (Å²) >= 11 is 0. The highest BCUT2D eigenvalue weighted by molar-refractivity contribution is 6.24. The van der Waals surface area contributed by atoms with Gasteiger partial charge in [0.15, 0.2) is 11.6 Å². The van der Waals surface area contributed by atoms with Crippen molar-refractivity contribution in [2.75, 3.05) is 25.5 Å². The fraction of sp³-hybridized carbons (Fsp3) is 0.371. The van der Waals surface area contributed by atoms with Crippen molar-refractivity contribution < 1.29 is 74.4 Å². The third-order valence-electron chi connectivity index (χ3n) is 9.47. The van der Waals surface area contributed by atoms with E-state index in [9.17, 15) is 50.6 Å². The molecule has 0 radical (unpaired) electrons. The van der Waals surface area contributed by atoms with E-state index >= 15 is 8.78 Å². The van der Waals surface area contributed by atoms with Crippen LogP contribution in [0.2, 0.25) is 0 Å². The minimum Gasteiger partial charge on any atom is -0.509 e. The molecule has 5 N–H and O–H groups in total. The summed E-state index contributed by atoms with van der Waals surface area (Å²) in [6.45, 7) is -1.42. The van der Waals surface area contributed by atoms with E-state index in [-0.39, 0.29) is 19.4 Å². The third-order valence-corrected chi connectivity index (χ3v) is 9.47. The molecule has 0 bridgehead atoms. The average Bonchev–Trinajstić information content (AvgIpc) is 3.64. The minimum absolute atomic E-state index is 0.162. The molecule has 306 valence electrons. The fourth-order valence-corrected chi connectivity index (χ4v) is 6.55. The zero-order chi connectivity index (χ0) is 42.0. The molecule has 5 rings (SSSR count). The van der Waals surface area contributed by atoms with Crippen LogP contribution in [0.4, 0.5) is 40.8 Å². The Kier molecular flexibility index (Phi) is 12.1. The van der Waals surface area contributed by atoms with Crippen molar-refractivity contribution in [2.24, 2.45) is 0 Å². The molecular weight excluding hydrogens is 784 g/mol. The Hall–Kier alpha value is -5.90. The van der Waals surface area contributed by atoms with Gasteiger partial charge >= 0.3 is 24.3 Å². The van der Waals surface area contributed by atoms with Gasteiger partial charge in [0.05, 0.1) is 35.4 Å². The number of anilines is 1. The summed E-state index contributed by atoms with van der Waals surface area (Å²) in [6, 6.07) is 2.61. The second kappa shape index (κ2) is 16.3. The van der Waals surface area contributed by atoms with E-state index < -0.39 is 130 Å². The number of amides is 2. The molecule has 1 aliphatic heterocycles. The maximum atomic E-state index is 15.5. The molecule has 2 heterocycles. The monoisotopic (exact) mass is 816 g/mol. The second-order valence-corrected chi connectivity index (χ2v) is 13.0. The summed E-state index contributed by atoms with van der Waals surface area (Å²) in [5.41, 5.74) is -7.46. The molecule has 1 atom stereocenters. The number of ether oxygens (including phenoxy) is 1. The summed E-state index contributed by atoms with van der Waals surface area (Å²) in [5.74, 6) is -9.84. The molecule has 1 saturated carbocycles. The van der Waals surface area contributed by atoms with Crippen LogP contribution in [0.1, 0.15) is 48.9 Å². The third kappa shape index (κ3) is 8.90. The number of carboxylic acids is 2. The Bertz CT molecular complexity index is 2110. The van der Waals surface area contributed by atoms with Crippen molar-refractivity contribution in [2.45, 2.75) is 62.6 Å². The number of rotatable bonds is 13. The first-order chi connectivity index (χ1) is 26.7. The number of aliphatic hydroxyl groups excluding tert-OH is 1. The summed E-state index contributed by atoms with van der Waals surface area (Å²) < 4.78 is 117. The first-order valence-electron chi connectivity index (χ1n) is 16.8. The molecule has 22 heteroatoms. The standard InChI is InChI=1S/C35H32F8N6O8/c1-48-33(8-2-3-9-33)29(52)26(30(53)47-20-6-5-18(34(38,39)40)12-19(20)21-13-24(35(41,42)43)46-16-45-21)31(54)49(48)15-17-4-7-23(28(37)27(17)36)57-11-10-44-22(32(55)56)14-25(50)51/h4-7,12-13,16,22,44,52H,2-3,8-11,14-15H2,1H3,(H,47,53)(H,50,51)(H,55,56). The number of nitrogens with one attached hydrogen (secondary N) is 2. The number of carboxylic acid groups (broad SMARTS) is 2. The summed E-state index contributed by atoms with van der Waals surface area (Å²) in [4.78, 5) is 56.7. The number of hydrogen-bond acceptors (Lipinski definition) is 10. The Labute approximate surface area is 316 Å². The molecular formula is C35H32F8N6O8. The second-order valence-electron chi connectivity index (χ2n) is 13.0.